The van der Waals surface area contributed by atoms with E-state index in [-0.39, 0.29) is 0 Å². The summed E-state index contributed by atoms with van der Waals surface area (Å²) in [5.41, 5.74) is 4.90. The summed E-state index contributed by atoms with van der Waals surface area (Å²) in [4.78, 5) is 5.44. The van der Waals surface area contributed by atoms with Crippen molar-refractivity contribution in [1.29, 1.82) is 0 Å². The molecule has 0 aromatic carbocycles. The summed E-state index contributed by atoms with van der Waals surface area (Å²) in [5, 5.41) is 3.41. The first-order chi connectivity index (χ1) is 8.36. The Balaban J connectivity index is 1.85. The highest BCUT2D eigenvalue weighted by molar-refractivity contribution is 7.09. The van der Waals surface area contributed by atoms with E-state index >= 15 is 0 Å². The van der Waals surface area contributed by atoms with Crippen molar-refractivity contribution in [2.75, 3.05) is 7.05 Å². The van der Waals surface area contributed by atoms with Crippen LogP contribution >= 0.6 is 11.3 Å². The predicted octanol–water partition coefficient (Wildman–Crippen LogP) is 2.59. The normalized spacial score (nSPS) is 19.2. The molecule has 4 heteroatoms. The number of thiazole rings is 1. The van der Waals surface area contributed by atoms with Crippen molar-refractivity contribution in [3.8, 4) is 0 Å². The van der Waals surface area contributed by atoms with Gasteiger partial charge in [0.15, 0.2) is 0 Å². The second-order valence-electron chi connectivity index (χ2n) is 4.61. The molecule has 2 aromatic heterocycles. The average Bonchev–Trinajstić information content (AvgIpc) is 2.97. The van der Waals surface area contributed by atoms with E-state index in [4.69, 9.17) is 0 Å². The summed E-state index contributed by atoms with van der Waals surface area (Å²) in [6.45, 7) is 0.952. The first kappa shape index (κ1) is 11.0. The van der Waals surface area contributed by atoms with Gasteiger partial charge in [0.25, 0.3) is 0 Å². The fourth-order valence-corrected chi connectivity index (χ4v) is 3.24. The summed E-state index contributed by atoms with van der Waals surface area (Å²) >= 11 is 1.72. The molecule has 1 atom stereocenters. The molecule has 3 nitrogen and oxygen atoms in total. The van der Waals surface area contributed by atoms with E-state index in [2.05, 4.69) is 34.3 Å². The molecule has 0 amide bonds. The first-order valence-corrected chi connectivity index (χ1v) is 6.98. The summed E-state index contributed by atoms with van der Waals surface area (Å²) in [6.07, 6.45) is 10.3. The Morgan fingerprint density at radius 1 is 1.53 bits per heavy atom. The topological polar surface area (TPSA) is 29.9 Å². The van der Waals surface area contributed by atoms with Crippen LogP contribution < -0.4 is 5.32 Å². The highest BCUT2D eigenvalue weighted by Gasteiger charge is 2.20. The number of nitrogens with zero attached hydrogens (tertiary/aromatic N) is 2. The lowest BCUT2D eigenvalue weighted by Gasteiger charge is -2.21. The fraction of sp³-hybridized carbons (Fsp3) is 0.462. The van der Waals surface area contributed by atoms with Crippen molar-refractivity contribution in [1.82, 2.24) is 14.9 Å². The van der Waals surface area contributed by atoms with E-state index in [9.17, 15) is 0 Å². The number of nitrogens with one attached hydrogen (secondary N) is 1. The molecular formula is C13H17N3S. The van der Waals surface area contributed by atoms with Crippen molar-refractivity contribution < 1.29 is 0 Å². The molecule has 1 aliphatic rings. The molecule has 17 heavy (non-hydrogen) atoms. The van der Waals surface area contributed by atoms with Gasteiger partial charge in [0.2, 0.25) is 0 Å². The summed E-state index contributed by atoms with van der Waals surface area (Å²) in [5.74, 6) is 0. The minimum Gasteiger partial charge on any atom is -0.348 e. The Bertz CT molecular complexity index is 487. The van der Waals surface area contributed by atoms with Crippen LogP contribution in [0.15, 0.2) is 24.1 Å². The van der Waals surface area contributed by atoms with E-state index in [1.165, 1.54) is 35.3 Å². The third kappa shape index (κ3) is 2.15. The summed E-state index contributed by atoms with van der Waals surface area (Å²) in [7, 11) is 2.06. The van der Waals surface area contributed by atoms with Gasteiger partial charge >= 0.3 is 0 Å². The van der Waals surface area contributed by atoms with Gasteiger partial charge in [-0.2, -0.15) is 0 Å². The molecule has 1 aliphatic carbocycles. The Kier molecular flexibility index (Phi) is 2.99. The van der Waals surface area contributed by atoms with Crippen LogP contribution in [0.3, 0.4) is 0 Å². The zero-order chi connectivity index (χ0) is 11.7. The molecule has 3 rings (SSSR count). The maximum absolute atomic E-state index is 4.12. The number of aromatic nitrogens is 2. The minimum absolute atomic E-state index is 0.543. The van der Waals surface area contributed by atoms with Gasteiger partial charge in [-0.25, -0.2) is 0 Å². The van der Waals surface area contributed by atoms with E-state index < -0.39 is 0 Å². The molecule has 0 fully saturated rings. The zero-order valence-corrected chi connectivity index (χ0v) is 10.8. The predicted molar refractivity (Wildman–Crippen MR) is 70.4 cm³/mol. The monoisotopic (exact) mass is 247 g/mol. The molecule has 0 saturated heterocycles. The molecule has 0 aliphatic heterocycles. The lowest BCUT2D eigenvalue weighted by molar-refractivity contribution is 0.498. The van der Waals surface area contributed by atoms with E-state index in [0.717, 1.165) is 6.54 Å². The molecule has 1 unspecified atom stereocenters. The van der Waals surface area contributed by atoms with Gasteiger partial charge in [-0.15, -0.1) is 11.3 Å². The number of aryl methyl sites for hydroxylation is 1. The number of hydrogen-bond donors (Lipinski definition) is 1. The Labute approximate surface area is 106 Å². The second-order valence-corrected chi connectivity index (χ2v) is 5.58. The lowest BCUT2D eigenvalue weighted by Crippen LogP contribution is -2.20. The van der Waals surface area contributed by atoms with Crippen LogP contribution in [0.25, 0.3) is 0 Å². The summed E-state index contributed by atoms with van der Waals surface area (Å²) < 4.78 is 2.30. The number of hydrogen-bond acceptors (Lipinski definition) is 3. The van der Waals surface area contributed by atoms with Gasteiger partial charge in [0.05, 0.1) is 12.1 Å². The van der Waals surface area contributed by atoms with Crippen LogP contribution in [-0.4, -0.2) is 16.6 Å². The molecule has 0 bridgehead atoms. The zero-order valence-electron chi connectivity index (χ0n) is 10.0. The Hall–Kier alpha value is -1.13. The standard InChI is InChI=1S/C13H17N3S/c1-14-13-4-2-3-10-6-16(8-12(10)13)7-11-5-15-9-17-11/h5-6,8-9,13-14H,2-4,7H2,1H3. The molecule has 1 N–H and O–H groups in total. The highest BCUT2D eigenvalue weighted by Crippen LogP contribution is 2.30. The van der Waals surface area contributed by atoms with Crippen molar-refractivity contribution >= 4 is 11.3 Å². The number of rotatable bonds is 3. The summed E-state index contributed by atoms with van der Waals surface area (Å²) in [6, 6.07) is 0.543. The van der Waals surface area contributed by atoms with Crippen molar-refractivity contribution in [2.45, 2.75) is 31.8 Å². The van der Waals surface area contributed by atoms with Crippen molar-refractivity contribution in [3.63, 3.8) is 0 Å². The molecule has 2 aromatic rings. The van der Waals surface area contributed by atoms with Crippen molar-refractivity contribution in [3.05, 3.63) is 40.1 Å². The lowest BCUT2D eigenvalue weighted by atomic mass is 9.91. The molecule has 2 heterocycles. The van der Waals surface area contributed by atoms with Gasteiger partial charge in [-0.1, -0.05) is 0 Å². The Morgan fingerprint density at radius 2 is 2.47 bits per heavy atom. The van der Waals surface area contributed by atoms with Crippen molar-refractivity contribution in [2.24, 2.45) is 0 Å². The minimum atomic E-state index is 0.543. The average molecular weight is 247 g/mol. The van der Waals surface area contributed by atoms with E-state index in [0.29, 0.717) is 6.04 Å². The van der Waals surface area contributed by atoms with Gasteiger partial charge in [-0.05, 0) is 37.4 Å². The van der Waals surface area contributed by atoms with Crippen LogP contribution in [-0.2, 0) is 13.0 Å². The highest BCUT2D eigenvalue weighted by atomic mass is 32.1. The molecule has 90 valence electrons. The van der Waals surface area contributed by atoms with E-state index in [1.54, 1.807) is 11.3 Å². The molecular weight excluding hydrogens is 230 g/mol. The third-order valence-electron chi connectivity index (χ3n) is 3.48. The second kappa shape index (κ2) is 4.63. The van der Waals surface area contributed by atoms with Gasteiger partial charge in [-0.3, -0.25) is 4.98 Å². The van der Waals surface area contributed by atoms with Crippen LogP contribution in [0, 0.1) is 0 Å². The molecule has 0 radical (unpaired) electrons. The number of fused-ring (bicyclic) bond motifs is 1. The third-order valence-corrected chi connectivity index (χ3v) is 4.25. The maximum atomic E-state index is 4.12. The van der Waals surface area contributed by atoms with Crippen LogP contribution in [0.5, 0.6) is 0 Å². The molecule has 0 saturated carbocycles. The molecule has 0 spiro atoms. The van der Waals surface area contributed by atoms with Gasteiger partial charge < -0.3 is 9.88 Å². The Morgan fingerprint density at radius 3 is 3.24 bits per heavy atom. The quantitative estimate of drug-likeness (QED) is 0.903. The maximum Gasteiger partial charge on any atom is 0.0794 e. The van der Waals surface area contributed by atoms with Crippen LogP contribution in [0.1, 0.15) is 34.9 Å². The van der Waals surface area contributed by atoms with Gasteiger partial charge in [0, 0.05) is 29.5 Å². The fourth-order valence-electron chi connectivity index (χ4n) is 2.64. The van der Waals surface area contributed by atoms with Crippen LogP contribution in [0.2, 0.25) is 0 Å². The van der Waals surface area contributed by atoms with Gasteiger partial charge in [0.1, 0.15) is 0 Å². The van der Waals surface area contributed by atoms with Crippen LogP contribution in [0.4, 0.5) is 0 Å². The van der Waals surface area contributed by atoms with E-state index in [1.807, 2.05) is 11.7 Å². The smallest absolute Gasteiger partial charge is 0.0794 e. The first-order valence-electron chi connectivity index (χ1n) is 6.10. The largest absolute Gasteiger partial charge is 0.348 e. The SMILES string of the molecule is CNC1CCCc2cn(Cc3cncs3)cc21.